The molecule has 4 heteroatoms. The number of hydrogen-bond acceptors (Lipinski definition) is 3. The topological polar surface area (TPSA) is 73.1 Å². The molecular formula is C27H28N2O2. The predicted molar refractivity (Wildman–Crippen MR) is 125 cm³/mol. The Morgan fingerprint density at radius 2 is 1.65 bits per heavy atom. The average molecular weight is 413 g/mol. The molecule has 0 fully saturated rings. The minimum absolute atomic E-state index is 0.235. The number of carboxylic acid groups (broad SMARTS) is 1. The van der Waals surface area contributed by atoms with Crippen molar-refractivity contribution in [2.75, 3.05) is 5.32 Å². The lowest BCUT2D eigenvalue weighted by molar-refractivity contribution is -0.143. The van der Waals surface area contributed by atoms with Crippen molar-refractivity contribution in [3.63, 3.8) is 0 Å². The third-order valence-corrected chi connectivity index (χ3v) is 5.55. The van der Waals surface area contributed by atoms with E-state index in [0.717, 1.165) is 28.1 Å². The molecule has 2 N–H and O–H groups in total. The van der Waals surface area contributed by atoms with Gasteiger partial charge in [0.05, 0.1) is 17.0 Å². The zero-order chi connectivity index (χ0) is 22.6. The number of anilines is 2. The van der Waals surface area contributed by atoms with Crippen LogP contribution < -0.4 is 5.32 Å². The molecule has 0 aliphatic rings. The number of nitrogens with one attached hydrogen (secondary N) is 1. The highest BCUT2D eigenvalue weighted by Crippen LogP contribution is 2.37. The van der Waals surface area contributed by atoms with Crippen LogP contribution in [0.25, 0.3) is 11.1 Å². The van der Waals surface area contributed by atoms with Crippen molar-refractivity contribution in [3.8, 4) is 17.2 Å². The van der Waals surface area contributed by atoms with Gasteiger partial charge in [-0.15, -0.1) is 0 Å². The maximum atomic E-state index is 12.3. The number of carbonyl (C=O) groups is 1. The molecule has 0 spiro atoms. The van der Waals surface area contributed by atoms with Crippen molar-refractivity contribution in [1.29, 1.82) is 5.26 Å². The van der Waals surface area contributed by atoms with Crippen LogP contribution in [0.2, 0.25) is 0 Å². The van der Waals surface area contributed by atoms with Crippen molar-refractivity contribution < 1.29 is 9.90 Å². The average Bonchev–Trinajstić information content (AvgIpc) is 2.74. The summed E-state index contributed by atoms with van der Waals surface area (Å²) in [6, 6.07) is 23.5. The molecule has 0 heterocycles. The van der Waals surface area contributed by atoms with Gasteiger partial charge >= 0.3 is 5.97 Å². The molecule has 0 aliphatic heterocycles. The van der Waals surface area contributed by atoms with Crippen molar-refractivity contribution in [3.05, 3.63) is 83.4 Å². The molecule has 0 aromatic heterocycles. The molecule has 4 nitrogen and oxygen atoms in total. The molecule has 3 aromatic carbocycles. The first-order valence-electron chi connectivity index (χ1n) is 10.4. The van der Waals surface area contributed by atoms with Gasteiger partial charge < -0.3 is 10.4 Å². The third-order valence-electron chi connectivity index (χ3n) is 5.55. The standard InChI is InChI=1S/C27H28N2O2/c1-18(2)16-27(4,26(30)31)23-13-22(21-9-5-19(3)6-10-21)14-25(15-23)29-24-11-7-20(17-28)8-12-24/h5-15,18,29H,16H2,1-4H3,(H,30,31). The normalized spacial score (nSPS) is 12.8. The van der Waals surface area contributed by atoms with E-state index in [4.69, 9.17) is 5.26 Å². The Balaban J connectivity index is 2.12. The van der Waals surface area contributed by atoms with Gasteiger partial charge in [-0.05, 0) is 85.3 Å². The Bertz CT molecular complexity index is 1110. The second kappa shape index (κ2) is 9.06. The van der Waals surface area contributed by atoms with Gasteiger partial charge in [0, 0.05) is 11.4 Å². The molecule has 0 bridgehead atoms. The van der Waals surface area contributed by atoms with Crippen LogP contribution in [0, 0.1) is 24.2 Å². The maximum absolute atomic E-state index is 12.3. The molecule has 3 aromatic rings. The SMILES string of the molecule is Cc1ccc(-c2cc(Nc3ccc(C#N)cc3)cc(C(C)(CC(C)C)C(=O)O)c2)cc1. The highest BCUT2D eigenvalue weighted by molar-refractivity contribution is 5.83. The maximum Gasteiger partial charge on any atom is 0.313 e. The summed E-state index contributed by atoms with van der Waals surface area (Å²) >= 11 is 0. The number of aliphatic carboxylic acids is 1. The second-order valence-electron chi connectivity index (χ2n) is 8.71. The zero-order valence-corrected chi connectivity index (χ0v) is 18.4. The van der Waals surface area contributed by atoms with E-state index < -0.39 is 11.4 Å². The van der Waals surface area contributed by atoms with Crippen molar-refractivity contribution >= 4 is 17.3 Å². The van der Waals surface area contributed by atoms with Crippen LogP contribution in [-0.4, -0.2) is 11.1 Å². The van der Waals surface area contributed by atoms with E-state index >= 15 is 0 Å². The number of nitrogens with zero attached hydrogens (tertiary/aromatic N) is 1. The number of hydrogen-bond donors (Lipinski definition) is 2. The van der Waals surface area contributed by atoms with E-state index in [2.05, 4.69) is 35.7 Å². The first-order valence-corrected chi connectivity index (χ1v) is 10.4. The van der Waals surface area contributed by atoms with Crippen LogP contribution in [0.3, 0.4) is 0 Å². The summed E-state index contributed by atoms with van der Waals surface area (Å²) < 4.78 is 0. The fourth-order valence-electron chi connectivity index (χ4n) is 3.87. The highest BCUT2D eigenvalue weighted by Gasteiger charge is 2.36. The zero-order valence-electron chi connectivity index (χ0n) is 18.4. The molecule has 0 saturated heterocycles. The number of aryl methyl sites for hydroxylation is 1. The lowest BCUT2D eigenvalue weighted by atomic mass is 9.75. The summed E-state index contributed by atoms with van der Waals surface area (Å²) in [5, 5.41) is 22.5. The van der Waals surface area contributed by atoms with Gasteiger partial charge in [0.25, 0.3) is 0 Å². The third kappa shape index (κ3) is 5.13. The molecule has 0 aliphatic carbocycles. The molecule has 31 heavy (non-hydrogen) atoms. The minimum Gasteiger partial charge on any atom is -0.481 e. The van der Waals surface area contributed by atoms with Crippen LogP contribution in [0.15, 0.2) is 66.7 Å². The van der Waals surface area contributed by atoms with Gasteiger partial charge in [-0.2, -0.15) is 5.26 Å². The predicted octanol–water partition coefficient (Wildman–Crippen LogP) is 6.67. The smallest absolute Gasteiger partial charge is 0.313 e. The van der Waals surface area contributed by atoms with Crippen LogP contribution in [-0.2, 0) is 10.2 Å². The lowest BCUT2D eigenvalue weighted by Crippen LogP contribution is -2.34. The number of carboxylic acids is 1. The molecule has 3 rings (SSSR count). The Morgan fingerprint density at radius 3 is 2.19 bits per heavy atom. The Morgan fingerprint density at radius 1 is 1.00 bits per heavy atom. The van der Waals surface area contributed by atoms with Gasteiger partial charge in [-0.1, -0.05) is 43.7 Å². The van der Waals surface area contributed by atoms with Gasteiger partial charge in [-0.25, -0.2) is 0 Å². The first kappa shape index (κ1) is 22.1. The Labute approximate surface area is 184 Å². The molecule has 0 amide bonds. The van der Waals surface area contributed by atoms with E-state index in [1.165, 1.54) is 5.56 Å². The van der Waals surface area contributed by atoms with Crippen LogP contribution >= 0.6 is 0 Å². The minimum atomic E-state index is -1.00. The molecule has 0 saturated carbocycles. The van der Waals surface area contributed by atoms with E-state index in [0.29, 0.717) is 12.0 Å². The van der Waals surface area contributed by atoms with E-state index in [1.54, 1.807) is 19.1 Å². The molecular weight excluding hydrogens is 384 g/mol. The van der Waals surface area contributed by atoms with Crippen LogP contribution in [0.1, 0.15) is 43.9 Å². The second-order valence-corrected chi connectivity index (χ2v) is 8.71. The first-order chi connectivity index (χ1) is 14.7. The van der Waals surface area contributed by atoms with Gasteiger partial charge in [-0.3, -0.25) is 4.79 Å². The highest BCUT2D eigenvalue weighted by atomic mass is 16.4. The summed E-state index contributed by atoms with van der Waals surface area (Å²) in [5.74, 6) is -0.592. The number of rotatable bonds is 7. The van der Waals surface area contributed by atoms with E-state index in [-0.39, 0.29) is 5.92 Å². The largest absolute Gasteiger partial charge is 0.481 e. The fraction of sp³-hybridized carbons (Fsp3) is 0.259. The van der Waals surface area contributed by atoms with Gasteiger partial charge in [0.1, 0.15) is 0 Å². The van der Waals surface area contributed by atoms with Crippen LogP contribution in [0.4, 0.5) is 11.4 Å². The quantitative estimate of drug-likeness (QED) is 0.455. The number of benzene rings is 3. The van der Waals surface area contributed by atoms with Crippen molar-refractivity contribution in [2.45, 2.75) is 39.5 Å². The monoisotopic (exact) mass is 412 g/mol. The summed E-state index contributed by atoms with van der Waals surface area (Å²) in [6.07, 6.45) is 0.538. The van der Waals surface area contributed by atoms with Gasteiger partial charge in [0.15, 0.2) is 0 Å². The molecule has 1 atom stereocenters. The lowest BCUT2D eigenvalue weighted by Gasteiger charge is -2.28. The van der Waals surface area contributed by atoms with E-state index in [9.17, 15) is 9.90 Å². The summed E-state index contributed by atoms with van der Waals surface area (Å²) in [6.45, 7) is 7.93. The summed E-state index contributed by atoms with van der Waals surface area (Å²) in [5.41, 5.74) is 5.18. The number of nitriles is 1. The van der Waals surface area contributed by atoms with E-state index in [1.807, 2.05) is 51.1 Å². The molecule has 1 unspecified atom stereocenters. The molecule has 158 valence electrons. The summed E-state index contributed by atoms with van der Waals surface area (Å²) in [7, 11) is 0. The van der Waals surface area contributed by atoms with Crippen LogP contribution in [0.5, 0.6) is 0 Å². The van der Waals surface area contributed by atoms with Gasteiger partial charge in [0.2, 0.25) is 0 Å². The molecule has 0 radical (unpaired) electrons. The Kier molecular flexibility index (Phi) is 6.46. The fourth-order valence-corrected chi connectivity index (χ4v) is 3.87. The summed E-state index contributed by atoms with van der Waals surface area (Å²) in [4.78, 5) is 12.3. The van der Waals surface area contributed by atoms with Crippen molar-refractivity contribution in [2.24, 2.45) is 5.92 Å². The Hall–Kier alpha value is -3.58. The van der Waals surface area contributed by atoms with Crippen molar-refractivity contribution in [1.82, 2.24) is 0 Å².